The molecule has 0 aliphatic heterocycles. The average molecular weight is 333 g/mol. The second-order valence-electron chi connectivity index (χ2n) is 5.70. The monoisotopic (exact) mass is 332 g/mol. The number of alkyl halides is 1. The number of phenols is 1. The molecule has 0 spiro atoms. The van der Waals surface area contributed by atoms with Gasteiger partial charge in [0.2, 0.25) is 0 Å². The number of aryl methyl sites for hydroxylation is 1. The molecule has 0 saturated heterocycles. The molecule has 0 unspecified atom stereocenters. The van der Waals surface area contributed by atoms with E-state index in [4.69, 9.17) is 16.3 Å². The van der Waals surface area contributed by atoms with Gasteiger partial charge in [0.25, 0.3) is 0 Å². The molecule has 0 saturated carbocycles. The highest BCUT2D eigenvalue weighted by molar-refractivity contribution is 6.18. The van der Waals surface area contributed by atoms with E-state index in [2.05, 4.69) is 0 Å². The van der Waals surface area contributed by atoms with Crippen molar-refractivity contribution >= 4 is 17.6 Å². The smallest absolute Gasteiger partial charge is 0.342 e. The summed E-state index contributed by atoms with van der Waals surface area (Å²) in [6.45, 7) is 5.47. The number of halogens is 1. The van der Waals surface area contributed by atoms with Gasteiger partial charge < -0.3 is 9.84 Å². The van der Waals surface area contributed by atoms with Crippen molar-refractivity contribution in [2.45, 2.75) is 33.3 Å². The molecule has 0 radical (unpaired) electrons. The second kappa shape index (κ2) is 7.51. The van der Waals surface area contributed by atoms with Gasteiger partial charge in [-0.2, -0.15) is 0 Å². The Morgan fingerprint density at radius 3 is 2.48 bits per heavy atom. The van der Waals surface area contributed by atoms with Gasteiger partial charge >= 0.3 is 5.97 Å². The highest BCUT2D eigenvalue weighted by atomic mass is 35.5. The van der Waals surface area contributed by atoms with Crippen LogP contribution in [0.25, 0.3) is 11.1 Å². The molecule has 0 aliphatic carbocycles. The van der Waals surface area contributed by atoms with Crippen LogP contribution in [0.1, 0.15) is 35.3 Å². The summed E-state index contributed by atoms with van der Waals surface area (Å²) in [7, 11) is 0. The fraction of sp³-hybridized carbons (Fsp3) is 0.316. The third kappa shape index (κ3) is 3.85. The molecule has 0 aliphatic rings. The third-order valence-corrected chi connectivity index (χ3v) is 3.78. The van der Waals surface area contributed by atoms with Gasteiger partial charge in [0.15, 0.2) is 0 Å². The Hall–Kier alpha value is -2.00. The topological polar surface area (TPSA) is 46.5 Å². The largest absolute Gasteiger partial charge is 0.507 e. The fourth-order valence-electron chi connectivity index (χ4n) is 2.66. The molecule has 122 valence electrons. The molecule has 0 atom stereocenters. The molecule has 0 amide bonds. The second-order valence-corrected chi connectivity index (χ2v) is 6.08. The van der Waals surface area contributed by atoms with Crippen LogP contribution in [0.2, 0.25) is 0 Å². The molecule has 3 nitrogen and oxygen atoms in total. The summed E-state index contributed by atoms with van der Waals surface area (Å²) in [5.41, 5.74) is 3.63. The van der Waals surface area contributed by atoms with E-state index in [0.717, 1.165) is 16.7 Å². The van der Waals surface area contributed by atoms with Crippen molar-refractivity contribution in [2.24, 2.45) is 0 Å². The lowest BCUT2D eigenvalue weighted by molar-refractivity contribution is 0.0375. The predicted molar refractivity (Wildman–Crippen MR) is 93.3 cm³/mol. The van der Waals surface area contributed by atoms with Gasteiger partial charge in [-0.3, -0.25) is 0 Å². The molecule has 0 aromatic heterocycles. The number of ether oxygens (including phenoxy) is 1. The number of carbonyl (C=O) groups excluding carboxylic acids is 1. The third-order valence-electron chi connectivity index (χ3n) is 3.59. The Morgan fingerprint density at radius 2 is 1.91 bits per heavy atom. The van der Waals surface area contributed by atoms with Gasteiger partial charge in [0, 0.05) is 11.4 Å². The first-order valence-electron chi connectivity index (χ1n) is 7.63. The zero-order valence-corrected chi connectivity index (χ0v) is 14.4. The number of aromatic hydroxyl groups is 1. The molecular weight excluding hydrogens is 312 g/mol. The summed E-state index contributed by atoms with van der Waals surface area (Å²) < 4.78 is 5.32. The molecule has 2 rings (SSSR count). The maximum atomic E-state index is 12.5. The van der Waals surface area contributed by atoms with Crippen LogP contribution in [0.15, 0.2) is 36.4 Å². The van der Waals surface area contributed by atoms with Crippen LogP contribution < -0.4 is 0 Å². The number of hydrogen-bond donors (Lipinski definition) is 1. The predicted octanol–water partition coefficient (Wildman–Crippen LogP) is 4.71. The van der Waals surface area contributed by atoms with E-state index in [-0.39, 0.29) is 17.4 Å². The van der Waals surface area contributed by atoms with E-state index in [1.165, 1.54) is 0 Å². The summed E-state index contributed by atoms with van der Waals surface area (Å²) in [6.07, 6.45) is 0.350. The minimum atomic E-state index is -0.521. The van der Waals surface area contributed by atoms with Crippen LogP contribution in [0.4, 0.5) is 0 Å². The maximum absolute atomic E-state index is 12.5. The summed E-state index contributed by atoms with van der Waals surface area (Å²) >= 11 is 5.94. The van der Waals surface area contributed by atoms with Crippen LogP contribution in [-0.2, 0) is 11.2 Å². The Balaban J connectivity index is 2.73. The molecule has 0 heterocycles. The summed E-state index contributed by atoms with van der Waals surface area (Å²) in [5.74, 6) is -0.151. The number of esters is 1. The maximum Gasteiger partial charge on any atom is 0.342 e. The number of benzene rings is 2. The summed E-state index contributed by atoms with van der Waals surface area (Å²) in [6, 6.07) is 11.1. The van der Waals surface area contributed by atoms with E-state index in [0.29, 0.717) is 17.9 Å². The Labute approximate surface area is 141 Å². The Morgan fingerprint density at radius 1 is 1.26 bits per heavy atom. The molecule has 1 N–H and O–H groups in total. The van der Waals surface area contributed by atoms with Gasteiger partial charge in [0.1, 0.15) is 11.3 Å². The zero-order valence-electron chi connectivity index (χ0n) is 13.6. The molecule has 23 heavy (non-hydrogen) atoms. The first-order chi connectivity index (χ1) is 11.0. The van der Waals surface area contributed by atoms with Crippen molar-refractivity contribution in [2.75, 3.05) is 5.88 Å². The van der Waals surface area contributed by atoms with Gasteiger partial charge in [-0.15, -0.1) is 11.6 Å². The van der Waals surface area contributed by atoms with Crippen LogP contribution in [0.3, 0.4) is 0 Å². The lowest BCUT2D eigenvalue weighted by atomic mass is 9.89. The summed E-state index contributed by atoms with van der Waals surface area (Å²) in [5, 5.41) is 10.4. The van der Waals surface area contributed by atoms with Gasteiger partial charge in [-0.25, -0.2) is 4.79 Å². The molecule has 4 heteroatoms. The molecule has 0 fully saturated rings. The van der Waals surface area contributed by atoms with Gasteiger partial charge in [-0.05, 0) is 49.9 Å². The minimum Gasteiger partial charge on any atom is -0.507 e. The van der Waals surface area contributed by atoms with Crippen molar-refractivity contribution in [3.05, 3.63) is 53.1 Å². The Kier molecular flexibility index (Phi) is 5.67. The molecule has 0 bridgehead atoms. The van der Waals surface area contributed by atoms with Crippen molar-refractivity contribution in [1.29, 1.82) is 0 Å². The van der Waals surface area contributed by atoms with Crippen molar-refractivity contribution in [3.63, 3.8) is 0 Å². The lowest BCUT2D eigenvalue weighted by Crippen LogP contribution is -2.14. The van der Waals surface area contributed by atoms with Crippen LogP contribution in [-0.4, -0.2) is 23.1 Å². The SMILES string of the molecule is Cc1cc(O)c(C(=O)OC(C)C)c(-c2ccccc2)c1CCCl. The number of hydrogen-bond acceptors (Lipinski definition) is 3. The highest BCUT2D eigenvalue weighted by Gasteiger charge is 2.24. The van der Waals surface area contributed by atoms with Crippen LogP contribution in [0, 0.1) is 6.92 Å². The van der Waals surface area contributed by atoms with Crippen LogP contribution >= 0.6 is 11.6 Å². The first-order valence-corrected chi connectivity index (χ1v) is 8.17. The zero-order chi connectivity index (χ0) is 17.0. The minimum absolute atomic E-state index is 0.0645. The van der Waals surface area contributed by atoms with E-state index >= 15 is 0 Å². The Bertz CT molecular complexity index is 694. The van der Waals surface area contributed by atoms with Crippen molar-refractivity contribution in [3.8, 4) is 16.9 Å². The quantitative estimate of drug-likeness (QED) is 0.637. The highest BCUT2D eigenvalue weighted by Crippen LogP contribution is 2.37. The van der Waals surface area contributed by atoms with E-state index in [1.807, 2.05) is 37.3 Å². The normalized spacial score (nSPS) is 10.8. The first kappa shape index (κ1) is 17.4. The average Bonchev–Trinajstić information content (AvgIpc) is 2.49. The number of carbonyl (C=O) groups is 1. The number of rotatable bonds is 5. The fourth-order valence-corrected chi connectivity index (χ4v) is 2.85. The molecule has 2 aromatic carbocycles. The number of phenolic OH excluding ortho intramolecular Hbond substituents is 1. The van der Waals surface area contributed by atoms with E-state index < -0.39 is 5.97 Å². The summed E-state index contributed by atoms with van der Waals surface area (Å²) in [4.78, 5) is 12.5. The van der Waals surface area contributed by atoms with Gasteiger partial charge in [-0.1, -0.05) is 30.3 Å². The van der Waals surface area contributed by atoms with Crippen molar-refractivity contribution < 1.29 is 14.6 Å². The molecule has 2 aromatic rings. The van der Waals surface area contributed by atoms with E-state index in [1.54, 1.807) is 19.9 Å². The molecular formula is C19H21ClO3. The van der Waals surface area contributed by atoms with E-state index in [9.17, 15) is 9.90 Å². The van der Waals surface area contributed by atoms with Gasteiger partial charge in [0.05, 0.1) is 6.10 Å². The lowest BCUT2D eigenvalue weighted by Gasteiger charge is -2.19. The van der Waals surface area contributed by atoms with Crippen LogP contribution in [0.5, 0.6) is 5.75 Å². The van der Waals surface area contributed by atoms with Crippen molar-refractivity contribution in [1.82, 2.24) is 0 Å². The standard InChI is InChI=1S/C19H21ClO3/c1-12(2)23-19(22)18-16(21)11-13(3)15(9-10-20)17(18)14-7-5-4-6-8-14/h4-8,11-12,21H,9-10H2,1-3H3.